The third-order valence-corrected chi connectivity index (χ3v) is 3.85. The summed E-state index contributed by atoms with van der Waals surface area (Å²) in [7, 11) is 0. The van der Waals surface area contributed by atoms with E-state index in [2.05, 4.69) is 59.6 Å². The van der Waals surface area contributed by atoms with Gasteiger partial charge in [0.2, 0.25) is 0 Å². The zero-order valence-electron chi connectivity index (χ0n) is 12.5. The van der Waals surface area contributed by atoms with Gasteiger partial charge >= 0.3 is 0 Å². The smallest absolute Gasteiger partial charge is 0.0379 e. The molecular formula is C19H20N2. The first-order valence-electron chi connectivity index (χ1n) is 7.31. The first-order chi connectivity index (χ1) is 10.1. The Morgan fingerprint density at radius 2 is 1.62 bits per heavy atom. The van der Waals surface area contributed by atoms with E-state index in [-0.39, 0.29) is 6.04 Å². The zero-order chi connectivity index (χ0) is 14.8. The minimum absolute atomic E-state index is 0.00351. The van der Waals surface area contributed by atoms with Crippen molar-refractivity contribution in [3.8, 4) is 0 Å². The molecule has 0 saturated carbocycles. The van der Waals surface area contributed by atoms with E-state index in [4.69, 9.17) is 5.73 Å². The normalized spacial score (nSPS) is 12.5. The SMILES string of the molecule is Cc1cc(C(N)Cc2cccc3ccccc23)cc(C)n1. The zero-order valence-corrected chi connectivity index (χ0v) is 12.5. The molecule has 2 aromatic carbocycles. The third kappa shape index (κ3) is 2.96. The number of benzene rings is 2. The summed E-state index contributed by atoms with van der Waals surface area (Å²) in [5.74, 6) is 0. The standard InChI is InChI=1S/C19H20N2/c1-13-10-17(11-14(2)21-13)19(20)12-16-8-5-7-15-6-3-4-9-18(15)16/h3-11,19H,12,20H2,1-2H3. The van der Waals surface area contributed by atoms with E-state index in [0.29, 0.717) is 0 Å². The number of aromatic nitrogens is 1. The average Bonchev–Trinajstić information content (AvgIpc) is 2.46. The number of pyridine rings is 1. The molecular weight excluding hydrogens is 256 g/mol. The van der Waals surface area contributed by atoms with Crippen molar-refractivity contribution in [3.63, 3.8) is 0 Å². The Balaban J connectivity index is 1.94. The van der Waals surface area contributed by atoms with Crippen molar-refractivity contribution in [2.45, 2.75) is 26.3 Å². The number of aryl methyl sites for hydroxylation is 2. The topological polar surface area (TPSA) is 38.9 Å². The number of rotatable bonds is 3. The molecule has 1 unspecified atom stereocenters. The lowest BCUT2D eigenvalue weighted by atomic mass is 9.95. The quantitative estimate of drug-likeness (QED) is 0.782. The summed E-state index contributed by atoms with van der Waals surface area (Å²) in [5, 5.41) is 2.56. The fourth-order valence-corrected chi connectivity index (χ4v) is 2.91. The Kier molecular flexibility index (Phi) is 3.72. The molecule has 0 radical (unpaired) electrons. The molecule has 0 aliphatic carbocycles. The van der Waals surface area contributed by atoms with Crippen molar-refractivity contribution in [1.82, 2.24) is 4.98 Å². The highest BCUT2D eigenvalue weighted by Gasteiger charge is 2.10. The second-order valence-corrected chi connectivity index (χ2v) is 5.63. The molecule has 1 atom stereocenters. The maximum Gasteiger partial charge on any atom is 0.0379 e. The van der Waals surface area contributed by atoms with Crippen molar-refractivity contribution in [1.29, 1.82) is 0 Å². The maximum atomic E-state index is 6.43. The van der Waals surface area contributed by atoms with E-state index in [1.54, 1.807) is 0 Å². The predicted molar refractivity (Wildman–Crippen MR) is 88.3 cm³/mol. The third-order valence-electron chi connectivity index (χ3n) is 3.85. The van der Waals surface area contributed by atoms with Gasteiger partial charge < -0.3 is 5.73 Å². The molecule has 0 amide bonds. The van der Waals surface area contributed by atoms with Crippen LogP contribution in [0.3, 0.4) is 0 Å². The average molecular weight is 276 g/mol. The van der Waals surface area contributed by atoms with Gasteiger partial charge in [-0.3, -0.25) is 4.98 Å². The summed E-state index contributed by atoms with van der Waals surface area (Å²) in [5.41, 5.74) is 10.9. The van der Waals surface area contributed by atoms with Crippen LogP contribution in [0.2, 0.25) is 0 Å². The monoisotopic (exact) mass is 276 g/mol. The maximum absolute atomic E-state index is 6.43. The van der Waals surface area contributed by atoms with E-state index in [1.165, 1.54) is 16.3 Å². The molecule has 0 bridgehead atoms. The molecule has 0 fully saturated rings. The summed E-state index contributed by atoms with van der Waals surface area (Å²) in [4.78, 5) is 4.42. The first kappa shape index (κ1) is 13.8. The van der Waals surface area contributed by atoms with Gasteiger partial charge in [0.1, 0.15) is 0 Å². The highest BCUT2D eigenvalue weighted by molar-refractivity contribution is 5.85. The molecule has 0 saturated heterocycles. The van der Waals surface area contributed by atoms with Crippen molar-refractivity contribution in [2.24, 2.45) is 5.73 Å². The number of nitrogens with zero attached hydrogens (tertiary/aromatic N) is 1. The Morgan fingerprint density at radius 3 is 2.38 bits per heavy atom. The molecule has 3 aromatic rings. The Labute approximate surface area is 125 Å². The lowest BCUT2D eigenvalue weighted by Gasteiger charge is -2.15. The number of fused-ring (bicyclic) bond motifs is 1. The Bertz CT molecular complexity index is 752. The van der Waals surface area contributed by atoms with Gasteiger partial charge in [-0.2, -0.15) is 0 Å². The highest BCUT2D eigenvalue weighted by Crippen LogP contribution is 2.24. The molecule has 2 heteroatoms. The van der Waals surface area contributed by atoms with Crippen LogP contribution in [0, 0.1) is 13.8 Å². The van der Waals surface area contributed by atoms with Crippen molar-refractivity contribution in [2.75, 3.05) is 0 Å². The molecule has 1 heterocycles. The molecule has 1 aromatic heterocycles. The number of hydrogen-bond acceptors (Lipinski definition) is 2. The Hall–Kier alpha value is -2.19. The molecule has 0 aliphatic rings. The lowest BCUT2D eigenvalue weighted by molar-refractivity contribution is 0.721. The van der Waals surface area contributed by atoms with Crippen LogP contribution >= 0.6 is 0 Å². The molecule has 3 rings (SSSR count). The van der Waals surface area contributed by atoms with Crippen LogP contribution in [0.1, 0.15) is 28.6 Å². The van der Waals surface area contributed by atoms with Gasteiger partial charge in [0, 0.05) is 17.4 Å². The minimum Gasteiger partial charge on any atom is -0.324 e. The van der Waals surface area contributed by atoms with Crippen LogP contribution in [0.5, 0.6) is 0 Å². The van der Waals surface area contributed by atoms with Gasteiger partial charge in [-0.05, 0) is 54.3 Å². The van der Waals surface area contributed by atoms with Crippen molar-refractivity contribution >= 4 is 10.8 Å². The summed E-state index contributed by atoms with van der Waals surface area (Å²) >= 11 is 0. The summed E-state index contributed by atoms with van der Waals surface area (Å²) in [6.07, 6.45) is 0.838. The van der Waals surface area contributed by atoms with E-state index in [0.717, 1.165) is 23.4 Å². The molecule has 0 spiro atoms. The van der Waals surface area contributed by atoms with Crippen molar-refractivity contribution < 1.29 is 0 Å². The van der Waals surface area contributed by atoms with E-state index in [9.17, 15) is 0 Å². The van der Waals surface area contributed by atoms with Gasteiger partial charge in [0.05, 0.1) is 0 Å². The molecule has 2 N–H and O–H groups in total. The lowest BCUT2D eigenvalue weighted by Crippen LogP contribution is -2.14. The second kappa shape index (κ2) is 5.66. The number of hydrogen-bond donors (Lipinski definition) is 1. The second-order valence-electron chi connectivity index (χ2n) is 5.63. The van der Waals surface area contributed by atoms with E-state index in [1.807, 2.05) is 13.8 Å². The minimum atomic E-state index is -0.00351. The van der Waals surface area contributed by atoms with Crippen LogP contribution in [0.4, 0.5) is 0 Å². The van der Waals surface area contributed by atoms with Crippen LogP contribution in [-0.4, -0.2) is 4.98 Å². The molecule has 21 heavy (non-hydrogen) atoms. The summed E-state index contributed by atoms with van der Waals surface area (Å²) in [6.45, 7) is 4.03. The van der Waals surface area contributed by atoms with Gasteiger partial charge in [0.25, 0.3) is 0 Å². The van der Waals surface area contributed by atoms with Gasteiger partial charge in [-0.25, -0.2) is 0 Å². The fraction of sp³-hybridized carbons (Fsp3) is 0.211. The molecule has 2 nitrogen and oxygen atoms in total. The summed E-state index contributed by atoms with van der Waals surface area (Å²) in [6, 6.07) is 19.1. The van der Waals surface area contributed by atoms with E-state index < -0.39 is 0 Å². The molecule has 0 aliphatic heterocycles. The van der Waals surface area contributed by atoms with Crippen LogP contribution < -0.4 is 5.73 Å². The van der Waals surface area contributed by atoms with Crippen LogP contribution in [0.15, 0.2) is 54.6 Å². The van der Waals surface area contributed by atoms with Gasteiger partial charge in [0.15, 0.2) is 0 Å². The van der Waals surface area contributed by atoms with Crippen LogP contribution in [-0.2, 0) is 6.42 Å². The predicted octanol–water partition coefficient (Wildman–Crippen LogP) is 4.09. The first-order valence-corrected chi connectivity index (χ1v) is 7.31. The largest absolute Gasteiger partial charge is 0.324 e. The van der Waals surface area contributed by atoms with Gasteiger partial charge in [-0.1, -0.05) is 42.5 Å². The summed E-state index contributed by atoms with van der Waals surface area (Å²) < 4.78 is 0. The Morgan fingerprint density at radius 1 is 0.952 bits per heavy atom. The van der Waals surface area contributed by atoms with Gasteiger partial charge in [-0.15, -0.1) is 0 Å². The van der Waals surface area contributed by atoms with Crippen molar-refractivity contribution in [3.05, 3.63) is 77.1 Å². The van der Waals surface area contributed by atoms with E-state index >= 15 is 0 Å². The number of nitrogens with two attached hydrogens (primary N) is 1. The fourth-order valence-electron chi connectivity index (χ4n) is 2.91. The molecule has 106 valence electrons. The van der Waals surface area contributed by atoms with Crippen LogP contribution in [0.25, 0.3) is 10.8 Å². The highest BCUT2D eigenvalue weighted by atomic mass is 14.7.